The van der Waals surface area contributed by atoms with Gasteiger partial charge >= 0.3 is 6.09 Å². The molecule has 26 heavy (non-hydrogen) atoms. The van der Waals surface area contributed by atoms with Gasteiger partial charge in [-0.05, 0) is 38.8 Å². The average Bonchev–Trinajstić information content (AvgIpc) is 3.00. The van der Waals surface area contributed by atoms with Gasteiger partial charge in [-0.15, -0.1) is 10.2 Å². The van der Waals surface area contributed by atoms with Gasteiger partial charge in [0.2, 0.25) is 11.8 Å². The molecule has 0 saturated carbocycles. The highest BCUT2D eigenvalue weighted by Gasteiger charge is 2.24. The fourth-order valence-electron chi connectivity index (χ4n) is 2.58. The minimum atomic E-state index is -0.505. The van der Waals surface area contributed by atoms with Gasteiger partial charge in [-0.2, -0.15) is 0 Å². The molecule has 1 aliphatic rings. The van der Waals surface area contributed by atoms with Crippen LogP contribution in [-0.2, 0) is 4.74 Å². The molecular formula is C18H21ClN4O3. The molecule has 2 aromatic rings. The first kappa shape index (κ1) is 18.4. The largest absolute Gasteiger partial charge is 0.444 e. The quantitative estimate of drug-likeness (QED) is 0.784. The average molecular weight is 377 g/mol. The van der Waals surface area contributed by atoms with Gasteiger partial charge in [0.1, 0.15) is 5.60 Å². The number of carbonyl (C=O) groups excluding carboxylic acids is 1. The summed E-state index contributed by atoms with van der Waals surface area (Å²) in [6.45, 7) is 8.31. The summed E-state index contributed by atoms with van der Waals surface area (Å²) in [7, 11) is 0. The van der Waals surface area contributed by atoms with E-state index in [2.05, 4.69) is 15.2 Å². The molecule has 3 heterocycles. The van der Waals surface area contributed by atoms with Crippen LogP contribution in [0.2, 0.25) is 5.02 Å². The maximum atomic E-state index is 12.1. The van der Waals surface area contributed by atoms with Crippen molar-refractivity contribution in [2.45, 2.75) is 39.7 Å². The van der Waals surface area contributed by atoms with Crippen molar-refractivity contribution in [3.05, 3.63) is 34.9 Å². The molecule has 8 heteroatoms. The lowest BCUT2D eigenvalue weighted by molar-refractivity contribution is 0.0270. The highest BCUT2D eigenvalue weighted by molar-refractivity contribution is 6.32. The molecule has 1 amide bonds. The monoisotopic (exact) mass is 376 g/mol. The molecule has 0 bridgehead atoms. The fraction of sp³-hybridized carbons (Fsp3) is 0.444. The Morgan fingerprint density at radius 3 is 2.65 bits per heavy atom. The van der Waals surface area contributed by atoms with Crippen molar-refractivity contribution in [2.75, 3.05) is 13.1 Å². The maximum Gasteiger partial charge on any atom is 0.410 e. The van der Waals surface area contributed by atoms with Gasteiger partial charge in [0.15, 0.2) is 0 Å². The van der Waals surface area contributed by atoms with Crippen LogP contribution < -0.4 is 0 Å². The van der Waals surface area contributed by atoms with Crippen LogP contribution in [0.15, 0.2) is 22.8 Å². The van der Waals surface area contributed by atoms with Gasteiger partial charge in [0, 0.05) is 26.2 Å². The molecule has 0 fully saturated rings. The molecule has 138 valence electrons. The van der Waals surface area contributed by atoms with Gasteiger partial charge in [-0.25, -0.2) is 4.79 Å². The highest BCUT2D eigenvalue weighted by Crippen LogP contribution is 2.30. The Morgan fingerprint density at radius 2 is 2.12 bits per heavy atom. The number of carbonyl (C=O) groups is 1. The second kappa shape index (κ2) is 7.07. The van der Waals surface area contributed by atoms with E-state index >= 15 is 0 Å². The van der Waals surface area contributed by atoms with Crippen LogP contribution in [-0.4, -0.2) is 44.9 Å². The molecule has 0 unspecified atom stereocenters. The molecule has 2 aromatic heterocycles. The van der Waals surface area contributed by atoms with E-state index in [1.54, 1.807) is 24.1 Å². The number of ether oxygens (including phenoxy) is 1. The number of aryl methyl sites for hydroxylation is 1. The molecule has 1 aliphatic heterocycles. The Labute approximate surface area is 157 Å². The predicted octanol–water partition coefficient (Wildman–Crippen LogP) is 4.12. The van der Waals surface area contributed by atoms with Crippen molar-refractivity contribution in [1.29, 1.82) is 0 Å². The Bertz CT molecular complexity index is 854. The third kappa shape index (κ3) is 4.22. The van der Waals surface area contributed by atoms with E-state index in [9.17, 15) is 4.79 Å². The topological polar surface area (TPSA) is 81.4 Å². The predicted molar refractivity (Wildman–Crippen MR) is 97.7 cm³/mol. The number of aromatic nitrogens is 3. The Balaban J connectivity index is 1.73. The van der Waals surface area contributed by atoms with Crippen LogP contribution in [0.25, 0.3) is 17.0 Å². The fourth-order valence-corrected chi connectivity index (χ4v) is 2.87. The van der Waals surface area contributed by atoms with Gasteiger partial charge < -0.3 is 14.1 Å². The van der Waals surface area contributed by atoms with Gasteiger partial charge in [-0.3, -0.25) is 4.98 Å². The lowest BCUT2D eigenvalue weighted by Gasteiger charge is -2.29. The molecule has 0 aromatic carbocycles. The van der Waals surface area contributed by atoms with Crippen LogP contribution in [0.4, 0.5) is 4.79 Å². The highest BCUT2D eigenvalue weighted by atomic mass is 35.5. The summed E-state index contributed by atoms with van der Waals surface area (Å²) in [6.07, 6.45) is 3.97. The molecule has 0 atom stereocenters. The Morgan fingerprint density at radius 1 is 1.35 bits per heavy atom. The van der Waals surface area contributed by atoms with E-state index < -0.39 is 5.60 Å². The van der Waals surface area contributed by atoms with E-state index in [1.807, 2.05) is 26.8 Å². The Hall–Kier alpha value is -2.41. The van der Waals surface area contributed by atoms with Crippen LogP contribution in [0.5, 0.6) is 0 Å². The van der Waals surface area contributed by atoms with Gasteiger partial charge in [0.05, 0.1) is 16.3 Å². The zero-order valence-electron chi connectivity index (χ0n) is 15.2. The molecule has 7 nitrogen and oxygen atoms in total. The standard InChI is InChI=1S/C18H21ClN4O3/c1-11-21-22-16(25-11)13-9-14(19)15(20-10-13)12-5-7-23(8-6-12)17(24)26-18(2,3)4/h5,9-10H,6-8H2,1-4H3. The van der Waals surface area contributed by atoms with Crippen molar-refractivity contribution >= 4 is 23.3 Å². The van der Waals surface area contributed by atoms with Crippen molar-refractivity contribution < 1.29 is 13.9 Å². The smallest absolute Gasteiger partial charge is 0.410 e. The molecule has 0 aliphatic carbocycles. The third-order valence-electron chi connectivity index (χ3n) is 3.78. The summed E-state index contributed by atoms with van der Waals surface area (Å²) in [4.78, 5) is 18.3. The summed E-state index contributed by atoms with van der Waals surface area (Å²) in [6, 6.07) is 1.76. The van der Waals surface area contributed by atoms with Crippen LogP contribution >= 0.6 is 11.6 Å². The number of rotatable bonds is 2. The van der Waals surface area contributed by atoms with Crippen molar-refractivity contribution in [1.82, 2.24) is 20.1 Å². The summed E-state index contributed by atoms with van der Waals surface area (Å²) < 4.78 is 10.8. The van der Waals surface area contributed by atoms with Gasteiger partial charge in [-0.1, -0.05) is 17.7 Å². The summed E-state index contributed by atoms with van der Waals surface area (Å²) in [5.41, 5.74) is 1.87. The van der Waals surface area contributed by atoms with Crippen molar-refractivity contribution in [3.8, 4) is 11.5 Å². The molecular weight excluding hydrogens is 356 g/mol. The van der Waals surface area contributed by atoms with Crippen LogP contribution in [0.1, 0.15) is 38.8 Å². The summed E-state index contributed by atoms with van der Waals surface area (Å²) in [5.74, 6) is 0.870. The number of hydrogen-bond donors (Lipinski definition) is 0. The molecule has 0 N–H and O–H groups in total. The first-order valence-corrected chi connectivity index (χ1v) is 8.74. The lowest BCUT2D eigenvalue weighted by atomic mass is 10.0. The minimum absolute atomic E-state index is 0.311. The van der Waals surface area contributed by atoms with E-state index in [0.717, 1.165) is 5.57 Å². The van der Waals surface area contributed by atoms with E-state index in [4.69, 9.17) is 20.8 Å². The van der Waals surface area contributed by atoms with Crippen LogP contribution in [0.3, 0.4) is 0 Å². The van der Waals surface area contributed by atoms with Crippen molar-refractivity contribution in [2.24, 2.45) is 0 Å². The van der Waals surface area contributed by atoms with Crippen LogP contribution in [0, 0.1) is 6.92 Å². The van der Waals surface area contributed by atoms with E-state index in [-0.39, 0.29) is 6.09 Å². The second-order valence-corrected chi connectivity index (χ2v) is 7.49. The Kier molecular flexibility index (Phi) is 5.00. The van der Waals surface area contributed by atoms with E-state index in [1.165, 1.54) is 0 Å². The summed E-state index contributed by atoms with van der Waals surface area (Å²) >= 11 is 6.41. The molecule has 0 spiro atoms. The lowest BCUT2D eigenvalue weighted by Crippen LogP contribution is -2.39. The third-order valence-corrected chi connectivity index (χ3v) is 4.07. The minimum Gasteiger partial charge on any atom is -0.444 e. The normalized spacial score (nSPS) is 15.0. The first-order chi connectivity index (χ1) is 12.2. The number of pyridine rings is 1. The zero-order valence-corrected chi connectivity index (χ0v) is 16.0. The first-order valence-electron chi connectivity index (χ1n) is 8.36. The van der Waals surface area contributed by atoms with Crippen molar-refractivity contribution in [3.63, 3.8) is 0 Å². The SMILES string of the molecule is Cc1nnc(-c2cnc(C3=CCN(C(=O)OC(C)(C)C)CC3)c(Cl)c2)o1. The number of nitrogens with zero attached hydrogens (tertiary/aromatic N) is 4. The molecule has 0 saturated heterocycles. The molecule has 0 radical (unpaired) electrons. The molecule has 3 rings (SSSR count). The number of hydrogen-bond acceptors (Lipinski definition) is 6. The maximum absolute atomic E-state index is 12.1. The second-order valence-electron chi connectivity index (χ2n) is 7.09. The van der Waals surface area contributed by atoms with E-state index in [0.29, 0.717) is 47.6 Å². The number of amides is 1. The van der Waals surface area contributed by atoms with Gasteiger partial charge in [0.25, 0.3) is 0 Å². The zero-order chi connectivity index (χ0) is 18.9. The number of halogens is 1. The summed E-state index contributed by atoms with van der Waals surface area (Å²) in [5, 5.41) is 8.29.